The molecule has 0 bridgehead atoms. The fourth-order valence-corrected chi connectivity index (χ4v) is 2.97. The van der Waals surface area contributed by atoms with Gasteiger partial charge >= 0.3 is 0 Å². The standard InChI is InChI=1S/C15H23NO/c1-3-8-16-15-12(10-17)9-11(2)13-6-4-5-7-14(13)15/h4-7,11-12,15-17H,3,8-10H2,1-2H3. The van der Waals surface area contributed by atoms with Crippen molar-refractivity contribution in [2.75, 3.05) is 13.2 Å². The molecule has 0 fully saturated rings. The lowest BCUT2D eigenvalue weighted by Crippen LogP contribution is -2.35. The van der Waals surface area contributed by atoms with Crippen molar-refractivity contribution in [1.29, 1.82) is 0 Å². The molecule has 0 saturated carbocycles. The Balaban J connectivity index is 2.29. The highest BCUT2D eigenvalue weighted by molar-refractivity contribution is 5.35. The van der Waals surface area contributed by atoms with Crippen LogP contribution in [0.25, 0.3) is 0 Å². The zero-order valence-corrected chi connectivity index (χ0v) is 10.8. The second-order valence-corrected chi connectivity index (χ2v) is 5.14. The molecule has 2 rings (SSSR count). The van der Waals surface area contributed by atoms with Crippen LogP contribution in [0.4, 0.5) is 0 Å². The maximum Gasteiger partial charge on any atom is 0.0477 e. The molecular formula is C15H23NO. The Kier molecular flexibility index (Phi) is 4.19. The van der Waals surface area contributed by atoms with Crippen LogP contribution in [0.15, 0.2) is 24.3 Å². The van der Waals surface area contributed by atoms with Gasteiger partial charge in [0.25, 0.3) is 0 Å². The van der Waals surface area contributed by atoms with Crippen LogP contribution >= 0.6 is 0 Å². The van der Waals surface area contributed by atoms with Crippen molar-refractivity contribution in [2.24, 2.45) is 5.92 Å². The van der Waals surface area contributed by atoms with E-state index in [1.54, 1.807) is 0 Å². The summed E-state index contributed by atoms with van der Waals surface area (Å²) in [5.41, 5.74) is 2.84. The molecule has 2 N–H and O–H groups in total. The molecule has 0 radical (unpaired) electrons. The molecule has 3 unspecified atom stereocenters. The fourth-order valence-electron chi connectivity index (χ4n) is 2.97. The van der Waals surface area contributed by atoms with Gasteiger partial charge in [0.1, 0.15) is 0 Å². The smallest absolute Gasteiger partial charge is 0.0477 e. The molecule has 0 heterocycles. The molecule has 3 atom stereocenters. The van der Waals surface area contributed by atoms with E-state index >= 15 is 0 Å². The minimum atomic E-state index is 0.278. The van der Waals surface area contributed by atoms with Gasteiger partial charge in [0.15, 0.2) is 0 Å². The van der Waals surface area contributed by atoms with Crippen LogP contribution in [0.1, 0.15) is 49.8 Å². The van der Waals surface area contributed by atoms with Gasteiger partial charge in [-0.1, -0.05) is 38.1 Å². The van der Waals surface area contributed by atoms with E-state index in [9.17, 15) is 5.11 Å². The Morgan fingerprint density at radius 3 is 2.65 bits per heavy atom. The predicted octanol–water partition coefficient (Wildman–Crippen LogP) is 2.84. The van der Waals surface area contributed by atoms with Gasteiger partial charge in [-0.15, -0.1) is 0 Å². The lowest BCUT2D eigenvalue weighted by atomic mass is 9.74. The second-order valence-electron chi connectivity index (χ2n) is 5.14. The van der Waals surface area contributed by atoms with Crippen LogP contribution in [0, 0.1) is 5.92 Å². The Labute approximate surface area is 104 Å². The lowest BCUT2D eigenvalue weighted by Gasteiger charge is -2.36. The number of fused-ring (bicyclic) bond motifs is 1. The van der Waals surface area contributed by atoms with Crippen molar-refractivity contribution in [1.82, 2.24) is 5.32 Å². The van der Waals surface area contributed by atoms with E-state index in [1.807, 2.05) is 0 Å². The zero-order chi connectivity index (χ0) is 12.3. The first-order valence-corrected chi connectivity index (χ1v) is 6.71. The summed E-state index contributed by atoms with van der Waals surface area (Å²) in [5, 5.41) is 13.2. The van der Waals surface area contributed by atoms with Crippen molar-refractivity contribution in [2.45, 2.75) is 38.6 Å². The molecule has 94 valence electrons. The van der Waals surface area contributed by atoms with Crippen LogP contribution in [0.2, 0.25) is 0 Å². The summed E-state index contributed by atoms with van der Waals surface area (Å²) < 4.78 is 0. The third-order valence-corrected chi connectivity index (χ3v) is 3.84. The highest BCUT2D eigenvalue weighted by atomic mass is 16.3. The van der Waals surface area contributed by atoms with E-state index in [0.717, 1.165) is 19.4 Å². The molecular weight excluding hydrogens is 210 g/mol. The molecule has 0 amide bonds. The molecule has 2 heteroatoms. The molecule has 1 aliphatic rings. The summed E-state index contributed by atoms with van der Waals surface area (Å²) in [6.07, 6.45) is 2.21. The largest absolute Gasteiger partial charge is 0.396 e. The minimum absolute atomic E-state index is 0.278. The van der Waals surface area contributed by atoms with E-state index < -0.39 is 0 Å². The van der Waals surface area contributed by atoms with Crippen molar-refractivity contribution in [3.63, 3.8) is 0 Å². The number of nitrogens with one attached hydrogen (secondary N) is 1. The molecule has 0 aliphatic heterocycles. The predicted molar refractivity (Wildman–Crippen MR) is 71.1 cm³/mol. The number of hydrogen-bond donors (Lipinski definition) is 2. The van der Waals surface area contributed by atoms with Gasteiger partial charge in [-0.2, -0.15) is 0 Å². The summed E-state index contributed by atoms with van der Waals surface area (Å²) in [7, 11) is 0. The molecule has 17 heavy (non-hydrogen) atoms. The third-order valence-electron chi connectivity index (χ3n) is 3.84. The first-order chi connectivity index (χ1) is 8.27. The Bertz CT molecular complexity index is 364. The molecule has 1 aliphatic carbocycles. The topological polar surface area (TPSA) is 32.3 Å². The van der Waals surface area contributed by atoms with E-state index in [-0.39, 0.29) is 6.61 Å². The van der Waals surface area contributed by atoms with E-state index in [2.05, 4.69) is 43.4 Å². The summed E-state index contributed by atoms with van der Waals surface area (Å²) in [5.74, 6) is 0.912. The first-order valence-electron chi connectivity index (χ1n) is 6.71. The molecule has 1 aromatic rings. The average Bonchev–Trinajstić information content (AvgIpc) is 2.37. The average molecular weight is 233 g/mol. The van der Waals surface area contributed by atoms with Crippen molar-refractivity contribution in [3.8, 4) is 0 Å². The summed E-state index contributed by atoms with van der Waals surface area (Å²) in [6, 6.07) is 8.99. The quantitative estimate of drug-likeness (QED) is 0.838. The van der Waals surface area contributed by atoms with Gasteiger partial charge in [0, 0.05) is 18.6 Å². The molecule has 0 spiro atoms. The Hall–Kier alpha value is -0.860. The number of rotatable bonds is 4. The van der Waals surface area contributed by atoms with Gasteiger partial charge < -0.3 is 10.4 Å². The fraction of sp³-hybridized carbons (Fsp3) is 0.600. The van der Waals surface area contributed by atoms with Crippen LogP contribution in [0.5, 0.6) is 0 Å². The lowest BCUT2D eigenvalue weighted by molar-refractivity contribution is 0.166. The van der Waals surface area contributed by atoms with Gasteiger partial charge in [0.2, 0.25) is 0 Å². The number of aliphatic hydroxyl groups is 1. The molecule has 1 aromatic carbocycles. The number of hydrogen-bond acceptors (Lipinski definition) is 2. The maximum absolute atomic E-state index is 9.56. The zero-order valence-electron chi connectivity index (χ0n) is 10.8. The summed E-state index contributed by atoms with van der Waals surface area (Å²) >= 11 is 0. The molecule has 0 saturated heterocycles. The maximum atomic E-state index is 9.56. The van der Waals surface area contributed by atoms with Gasteiger partial charge in [-0.3, -0.25) is 0 Å². The summed E-state index contributed by atoms with van der Waals surface area (Å²) in [6.45, 7) is 5.74. The van der Waals surface area contributed by atoms with Gasteiger partial charge in [-0.05, 0) is 36.4 Å². The molecule has 0 aromatic heterocycles. The van der Waals surface area contributed by atoms with E-state index in [1.165, 1.54) is 11.1 Å². The van der Waals surface area contributed by atoms with Crippen LogP contribution in [-0.2, 0) is 0 Å². The minimum Gasteiger partial charge on any atom is -0.396 e. The van der Waals surface area contributed by atoms with Crippen molar-refractivity contribution in [3.05, 3.63) is 35.4 Å². The Morgan fingerprint density at radius 1 is 1.29 bits per heavy atom. The van der Waals surface area contributed by atoms with Gasteiger partial charge in [0.05, 0.1) is 0 Å². The number of benzene rings is 1. The Morgan fingerprint density at radius 2 is 2.00 bits per heavy atom. The van der Waals surface area contributed by atoms with Crippen molar-refractivity contribution >= 4 is 0 Å². The van der Waals surface area contributed by atoms with E-state index in [0.29, 0.717) is 17.9 Å². The van der Waals surface area contributed by atoms with Crippen LogP contribution in [0.3, 0.4) is 0 Å². The monoisotopic (exact) mass is 233 g/mol. The SMILES string of the molecule is CCCNC1c2ccccc2C(C)CC1CO. The second kappa shape index (κ2) is 5.65. The van der Waals surface area contributed by atoms with Crippen LogP contribution in [-0.4, -0.2) is 18.3 Å². The normalized spacial score (nSPS) is 27.8. The van der Waals surface area contributed by atoms with Crippen molar-refractivity contribution < 1.29 is 5.11 Å². The highest BCUT2D eigenvalue weighted by Crippen LogP contribution is 2.40. The van der Waals surface area contributed by atoms with Crippen LogP contribution < -0.4 is 5.32 Å². The number of aliphatic hydroxyl groups excluding tert-OH is 1. The van der Waals surface area contributed by atoms with E-state index in [4.69, 9.17) is 0 Å². The highest BCUT2D eigenvalue weighted by Gasteiger charge is 2.31. The molecule has 2 nitrogen and oxygen atoms in total. The first kappa shape index (κ1) is 12.6. The van der Waals surface area contributed by atoms with Gasteiger partial charge in [-0.25, -0.2) is 0 Å². The third kappa shape index (κ3) is 2.53. The summed E-state index contributed by atoms with van der Waals surface area (Å²) in [4.78, 5) is 0.